The quantitative estimate of drug-likeness (QED) is 0.651. The van der Waals surface area contributed by atoms with E-state index in [-0.39, 0.29) is 0 Å². The van der Waals surface area contributed by atoms with Gasteiger partial charge in [0.05, 0.1) is 5.75 Å². The fourth-order valence-electron chi connectivity index (χ4n) is 1.31. The van der Waals surface area contributed by atoms with E-state index in [4.69, 9.17) is 5.73 Å². The van der Waals surface area contributed by atoms with Crippen molar-refractivity contribution in [3.05, 3.63) is 48.0 Å². The van der Waals surface area contributed by atoms with Crippen LogP contribution < -0.4 is 5.73 Å². The number of nitrogens with two attached hydrogens (primary N) is 1. The van der Waals surface area contributed by atoms with Crippen molar-refractivity contribution in [2.24, 2.45) is 0 Å². The molecule has 0 fully saturated rings. The molecule has 2 aromatic rings. The van der Waals surface area contributed by atoms with Crippen LogP contribution in [0.15, 0.2) is 41.6 Å². The molecule has 0 saturated heterocycles. The number of anilines is 1. The predicted octanol–water partition coefficient (Wildman–Crippen LogP) is 2.66. The Morgan fingerprint density at radius 3 is 2.75 bits per heavy atom. The molecule has 0 bridgehead atoms. The highest BCUT2D eigenvalue weighted by molar-refractivity contribution is 7.98. The molecule has 2 N–H and O–H groups in total. The third-order valence-electron chi connectivity index (χ3n) is 2.15. The molecule has 16 heavy (non-hydrogen) atoms. The maximum Gasteiger partial charge on any atom is 0.138 e. The van der Waals surface area contributed by atoms with E-state index >= 15 is 0 Å². The highest BCUT2D eigenvalue weighted by Gasteiger charge is 2.02. The molecule has 1 aromatic carbocycles. The van der Waals surface area contributed by atoms with Crippen LogP contribution in [0.1, 0.15) is 11.4 Å². The van der Waals surface area contributed by atoms with Gasteiger partial charge in [-0.15, -0.1) is 11.8 Å². The van der Waals surface area contributed by atoms with Crippen molar-refractivity contribution < 1.29 is 0 Å². The van der Waals surface area contributed by atoms with E-state index in [1.165, 1.54) is 5.56 Å². The minimum absolute atomic E-state index is 0.745. The Morgan fingerprint density at radius 1 is 1.25 bits per heavy atom. The lowest BCUT2D eigenvalue weighted by molar-refractivity contribution is 1.03. The summed E-state index contributed by atoms with van der Waals surface area (Å²) in [5.74, 6) is 1.57. The fourth-order valence-corrected chi connectivity index (χ4v) is 2.25. The minimum atomic E-state index is 0.745. The highest BCUT2D eigenvalue weighted by Crippen LogP contribution is 2.27. The van der Waals surface area contributed by atoms with Crippen molar-refractivity contribution in [3.63, 3.8) is 0 Å². The second-order valence-electron chi connectivity index (χ2n) is 3.49. The normalized spacial score (nSPS) is 10.3. The third kappa shape index (κ3) is 2.73. The Bertz CT molecular complexity index is 471. The van der Waals surface area contributed by atoms with Crippen molar-refractivity contribution in [1.29, 1.82) is 0 Å². The molecule has 3 nitrogen and oxygen atoms in total. The van der Waals surface area contributed by atoms with Gasteiger partial charge in [0.2, 0.25) is 0 Å². The molecule has 1 aromatic heterocycles. The topological polar surface area (TPSA) is 51.8 Å². The molecule has 4 heteroatoms. The van der Waals surface area contributed by atoms with E-state index in [9.17, 15) is 0 Å². The Hall–Kier alpha value is -1.55. The number of thioether (sulfide) groups is 1. The first-order valence-electron chi connectivity index (χ1n) is 5.00. The van der Waals surface area contributed by atoms with Gasteiger partial charge in [0.15, 0.2) is 0 Å². The summed E-state index contributed by atoms with van der Waals surface area (Å²) in [7, 11) is 0. The van der Waals surface area contributed by atoms with Crippen molar-refractivity contribution in [1.82, 2.24) is 9.97 Å². The van der Waals surface area contributed by atoms with E-state index in [1.807, 2.05) is 18.2 Å². The molecule has 0 atom stereocenters. The van der Waals surface area contributed by atoms with Gasteiger partial charge < -0.3 is 5.73 Å². The molecular weight excluding hydrogens is 218 g/mol. The van der Waals surface area contributed by atoms with Gasteiger partial charge in [0.25, 0.3) is 0 Å². The van der Waals surface area contributed by atoms with E-state index in [0.717, 1.165) is 22.2 Å². The van der Waals surface area contributed by atoms with Crippen molar-refractivity contribution in [2.75, 3.05) is 5.73 Å². The average Bonchev–Trinajstić information content (AvgIpc) is 2.32. The number of nitrogen functional groups attached to an aromatic ring is 1. The van der Waals surface area contributed by atoms with Gasteiger partial charge in [-0.25, -0.2) is 9.97 Å². The predicted molar refractivity (Wildman–Crippen MR) is 67.2 cm³/mol. The standard InChI is InChI=1S/C12H13N3S/c1-9-3-4-10(13)11(7-9)16-8-12-14-5-2-6-15-12/h2-7H,8,13H2,1H3. The van der Waals surface area contributed by atoms with Crippen LogP contribution in [-0.4, -0.2) is 9.97 Å². The largest absolute Gasteiger partial charge is 0.398 e. The summed E-state index contributed by atoms with van der Waals surface area (Å²) in [6.07, 6.45) is 3.50. The van der Waals surface area contributed by atoms with Crippen molar-refractivity contribution in [3.8, 4) is 0 Å². The zero-order valence-corrected chi connectivity index (χ0v) is 9.87. The molecule has 0 unspecified atom stereocenters. The summed E-state index contributed by atoms with van der Waals surface area (Å²) in [6.45, 7) is 2.06. The Labute approximate surface area is 99.1 Å². The van der Waals surface area contributed by atoms with Gasteiger partial charge in [-0.3, -0.25) is 0 Å². The number of rotatable bonds is 3. The molecule has 0 spiro atoms. The van der Waals surface area contributed by atoms with Crippen LogP contribution in [0.4, 0.5) is 5.69 Å². The van der Waals surface area contributed by atoms with Crippen molar-refractivity contribution >= 4 is 17.4 Å². The molecule has 0 radical (unpaired) electrons. The van der Waals surface area contributed by atoms with Crippen molar-refractivity contribution in [2.45, 2.75) is 17.6 Å². The molecule has 1 heterocycles. The second-order valence-corrected chi connectivity index (χ2v) is 4.51. The van der Waals surface area contributed by atoms with Gasteiger partial charge in [0, 0.05) is 23.0 Å². The van der Waals surface area contributed by atoms with Crippen LogP contribution in [0.2, 0.25) is 0 Å². The average molecular weight is 231 g/mol. The Balaban J connectivity index is 2.08. The maximum atomic E-state index is 5.89. The Kier molecular flexibility index (Phi) is 3.41. The lowest BCUT2D eigenvalue weighted by Gasteiger charge is -2.05. The molecule has 0 aliphatic rings. The smallest absolute Gasteiger partial charge is 0.138 e. The number of hydrogen-bond acceptors (Lipinski definition) is 4. The maximum absolute atomic E-state index is 5.89. The van der Waals surface area contributed by atoms with E-state index < -0.39 is 0 Å². The molecule has 0 aliphatic heterocycles. The highest BCUT2D eigenvalue weighted by atomic mass is 32.2. The zero-order chi connectivity index (χ0) is 11.4. The number of nitrogens with zero attached hydrogens (tertiary/aromatic N) is 2. The first-order valence-corrected chi connectivity index (χ1v) is 5.99. The van der Waals surface area contributed by atoms with Crippen LogP contribution in [0, 0.1) is 6.92 Å². The van der Waals surface area contributed by atoms with Gasteiger partial charge >= 0.3 is 0 Å². The van der Waals surface area contributed by atoms with E-state index in [1.54, 1.807) is 24.2 Å². The first-order chi connectivity index (χ1) is 7.75. The third-order valence-corrected chi connectivity index (χ3v) is 3.21. The molecule has 82 valence electrons. The lowest BCUT2D eigenvalue weighted by atomic mass is 10.2. The molecular formula is C12H13N3S. The summed E-state index contributed by atoms with van der Waals surface area (Å²) in [5.41, 5.74) is 7.92. The van der Waals surface area contributed by atoms with E-state index in [2.05, 4.69) is 23.0 Å². The monoisotopic (exact) mass is 231 g/mol. The number of hydrogen-bond donors (Lipinski definition) is 1. The molecule has 0 amide bonds. The lowest BCUT2D eigenvalue weighted by Crippen LogP contribution is -1.92. The van der Waals surface area contributed by atoms with Crippen LogP contribution in [0.5, 0.6) is 0 Å². The Morgan fingerprint density at radius 2 is 2.00 bits per heavy atom. The fraction of sp³-hybridized carbons (Fsp3) is 0.167. The van der Waals surface area contributed by atoms with Gasteiger partial charge in [-0.2, -0.15) is 0 Å². The van der Waals surface area contributed by atoms with Crippen LogP contribution in [-0.2, 0) is 5.75 Å². The van der Waals surface area contributed by atoms with Gasteiger partial charge in [-0.05, 0) is 30.7 Å². The molecule has 0 aliphatic carbocycles. The molecule has 2 rings (SSSR count). The number of aromatic nitrogens is 2. The van der Waals surface area contributed by atoms with Gasteiger partial charge in [0.1, 0.15) is 5.82 Å². The summed E-state index contributed by atoms with van der Waals surface area (Å²) in [4.78, 5) is 9.44. The first kappa shape index (κ1) is 11.0. The van der Waals surface area contributed by atoms with E-state index in [0.29, 0.717) is 0 Å². The summed E-state index contributed by atoms with van der Waals surface area (Å²) >= 11 is 1.66. The number of benzene rings is 1. The summed E-state index contributed by atoms with van der Waals surface area (Å²) in [5, 5.41) is 0. The molecule has 0 saturated carbocycles. The van der Waals surface area contributed by atoms with Crippen LogP contribution in [0.3, 0.4) is 0 Å². The second kappa shape index (κ2) is 4.99. The van der Waals surface area contributed by atoms with Gasteiger partial charge in [-0.1, -0.05) is 6.07 Å². The summed E-state index contributed by atoms with van der Waals surface area (Å²) < 4.78 is 0. The zero-order valence-electron chi connectivity index (χ0n) is 9.05. The van der Waals surface area contributed by atoms with Crippen LogP contribution >= 0.6 is 11.8 Å². The van der Waals surface area contributed by atoms with Crippen LogP contribution in [0.25, 0.3) is 0 Å². The minimum Gasteiger partial charge on any atom is -0.398 e. The number of aryl methyl sites for hydroxylation is 1. The SMILES string of the molecule is Cc1ccc(N)c(SCc2ncccn2)c1. The summed E-state index contributed by atoms with van der Waals surface area (Å²) in [6, 6.07) is 7.85.